The number of alkyl halides is 4. The monoisotopic (exact) mass is 1530 g/mol. The van der Waals surface area contributed by atoms with Gasteiger partial charge in [-0.05, 0) is 142 Å². The zero-order valence-electron chi connectivity index (χ0n) is 59.9. The fourth-order valence-electron chi connectivity index (χ4n) is 13.4. The molecule has 30 nitrogen and oxygen atoms in total. The Labute approximate surface area is 620 Å². The van der Waals surface area contributed by atoms with E-state index in [9.17, 15) is 65.8 Å². The van der Waals surface area contributed by atoms with Crippen LogP contribution < -0.4 is 68.8 Å². The Morgan fingerprint density at radius 1 is 0.716 bits per heavy atom. The van der Waals surface area contributed by atoms with Gasteiger partial charge < -0.3 is 93.7 Å². The highest BCUT2D eigenvalue weighted by atomic mass is 19.4. The highest BCUT2D eigenvalue weighted by Gasteiger charge is 2.50. The maximum Gasteiger partial charge on any atom is 0.471 e. The molecule has 4 aromatic carbocycles. The molecule has 109 heavy (non-hydrogen) atoms. The van der Waals surface area contributed by atoms with Gasteiger partial charge >= 0.3 is 12.1 Å². The SMILES string of the molecule is COc1ccc(C[C@@H]2NC(=O)[C@H]([C@@H](C)O)NC(=O)[C@@H]3C[C@H](F)CN3C(=O)[C@H](Cc3c[nH]c4ccc(F)cc34)NC(=O)[C@H](Cc3c[nH]c4ccc(F)cc34)NC(=O)[C@H](C)NC(=O)[C@H](CCCCN)NC(=O)[C@@H](NC(=O)C(F)(F)F)CC(=O)NCCOc3ccc(cc3)C[C@@H](C(N)=O)NC(=O)[C@]3(C)CCCN3C2=O)cc1. The van der Waals surface area contributed by atoms with E-state index in [0.717, 1.165) is 43.0 Å². The van der Waals surface area contributed by atoms with E-state index in [1.54, 1.807) is 24.3 Å². The third-order valence-corrected chi connectivity index (χ3v) is 19.4. The molecule has 0 spiro atoms. The van der Waals surface area contributed by atoms with Gasteiger partial charge in [0.05, 0.1) is 32.7 Å². The molecule has 2 aromatic heterocycles. The number of H-pyrrole nitrogens is 2. The highest BCUT2D eigenvalue weighted by Crippen LogP contribution is 2.32. The molecular formula is C73H87F6N15O15. The Morgan fingerprint density at radius 2 is 1.31 bits per heavy atom. The highest BCUT2D eigenvalue weighted by molar-refractivity contribution is 6.01. The predicted molar refractivity (Wildman–Crippen MR) is 379 cm³/mol. The zero-order chi connectivity index (χ0) is 79.2. The Kier molecular flexibility index (Phi) is 27.1. The average molecular weight is 1530 g/mol. The third-order valence-electron chi connectivity index (χ3n) is 19.4. The van der Waals surface area contributed by atoms with Crippen molar-refractivity contribution in [2.24, 2.45) is 11.5 Å². The lowest BCUT2D eigenvalue weighted by molar-refractivity contribution is -0.174. The van der Waals surface area contributed by atoms with Crippen LogP contribution in [0.2, 0.25) is 0 Å². The van der Waals surface area contributed by atoms with Crippen molar-refractivity contribution in [1.82, 2.24) is 67.6 Å². The number of primary amides is 1. The largest absolute Gasteiger partial charge is 0.497 e. The maximum absolute atomic E-state index is 16.2. The molecular weight excluding hydrogens is 1440 g/mol. The molecule has 4 aliphatic heterocycles. The van der Waals surface area contributed by atoms with Gasteiger partial charge in [-0.1, -0.05) is 24.3 Å². The van der Waals surface area contributed by atoms with E-state index in [4.69, 9.17) is 20.9 Å². The van der Waals surface area contributed by atoms with Gasteiger partial charge in [-0.15, -0.1) is 0 Å². The van der Waals surface area contributed by atoms with Crippen molar-refractivity contribution in [1.29, 1.82) is 0 Å². The van der Waals surface area contributed by atoms with Gasteiger partial charge in [0.1, 0.15) is 95.8 Å². The van der Waals surface area contributed by atoms with Gasteiger partial charge in [0.15, 0.2) is 0 Å². The Balaban J connectivity index is 1.08. The van der Waals surface area contributed by atoms with Crippen LogP contribution in [-0.2, 0) is 83.2 Å². The standard InChI is InChI=1S/C73H87F6N15O15/c1-37-62(98)87-54(28-41-34-83-50-19-13-43(74)30-48(41)50)64(100)88-57(29-42-35-84-51-20-14-44(75)31-49(42)51)68(104)93-36-45(76)32-58(93)66(102)92-60(38(2)95)67(103)89-56(27-40-9-15-46(108-4)16-10-40)69(105)94-24-7-21-72(94,3)70(106)90-53(61(81)97)26-39-11-17-47(18-12-39)109-25-23-82-59(96)33-55(91-71(107)73(77,78)79)65(101)86-52(63(99)85-37)8-5-6-22-80/h9-20,30-31,34-35,37-38,45,52-58,60,83-84,95H,5-8,21-29,32-33,36,80H2,1-4H3,(H2,81,97)(H,82,96)(H,85,99)(H,86,101)(H,87,98)(H,88,100)(H,89,103)(H,90,106)(H,91,107)(H,92,102)/t37-,38+,45-,52-,53-,54-,55-,56-,57-,58-,60-,72-/m0/s1. The van der Waals surface area contributed by atoms with E-state index < -0.39 is 193 Å². The van der Waals surface area contributed by atoms with Gasteiger partial charge in [-0.2, -0.15) is 13.2 Å². The number of aromatic amines is 2. The Morgan fingerprint density at radius 3 is 1.92 bits per heavy atom. The summed E-state index contributed by atoms with van der Waals surface area (Å²) < 4.78 is 98.7. The molecule has 586 valence electrons. The number of aromatic nitrogens is 2. The number of hydrogen-bond donors (Lipinski definition) is 14. The summed E-state index contributed by atoms with van der Waals surface area (Å²) in [4.78, 5) is 180. The summed E-state index contributed by atoms with van der Waals surface area (Å²) in [5.74, 6) is -15.5. The predicted octanol–water partition coefficient (Wildman–Crippen LogP) is 0.881. The topological polar surface area (TPSA) is 442 Å². The molecule has 6 heterocycles. The van der Waals surface area contributed by atoms with Crippen LogP contribution in [0, 0.1) is 11.6 Å². The number of amides is 12. The minimum atomic E-state index is -5.58. The number of carbonyl (C=O) groups excluding carboxylic acids is 12. The molecule has 36 heteroatoms. The van der Waals surface area contributed by atoms with Gasteiger partial charge in [0.2, 0.25) is 65.0 Å². The van der Waals surface area contributed by atoms with E-state index in [1.165, 1.54) is 73.0 Å². The zero-order valence-corrected chi connectivity index (χ0v) is 59.9. The summed E-state index contributed by atoms with van der Waals surface area (Å²) in [5, 5.41) is 33.1. The molecule has 4 aliphatic rings. The molecule has 0 unspecified atom stereocenters. The molecule has 6 aromatic rings. The van der Waals surface area contributed by atoms with E-state index in [2.05, 4.69) is 52.5 Å². The average Bonchev–Trinajstić information content (AvgIpc) is 1.68. The number of ether oxygens (including phenoxy) is 2. The van der Waals surface area contributed by atoms with Crippen LogP contribution in [0.4, 0.5) is 26.3 Å². The number of halogens is 6. The van der Waals surface area contributed by atoms with E-state index >= 15 is 23.2 Å². The minimum Gasteiger partial charge on any atom is -0.497 e. The number of aliphatic hydroxyl groups excluding tert-OH is 1. The van der Waals surface area contributed by atoms with Crippen LogP contribution in [0.15, 0.2) is 97.3 Å². The molecule has 0 saturated carbocycles. The molecule has 0 aliphatic carbocycles. The number of nitrogens with one attached hydrogen (secondary N) is 11. The first kappa shape index (κ1) is 81.8. The van der Waals surface area contributed by atoms with Crippen molar-refractivity contribution < 1.29 is 98.5 Å². The van der Waals surface area contributed by atoms with Gasteiger partial charge in [-0.25, -0.2) is 13.2 Å². The Hall–Kier alpha value is -11.3. The number of rotatable bonds is 14. The first-order chi connectivity index (χ1) is 51.7. The number of carbonyl (C=O) groups is 12. The number of hydrogen-bond acceptors (Lipinski definition) is 16. The van der Waals surface area contributed by atoms with Crippen LogP contribution in [0.25, 0.3) is 21.8 Å². The minimum absolute atomic E-state index is 0.0414. The van der Waals surface area contributed by atoms with Crippen molar-refractivity contribution in [2.45, 2.75) is 170 Å². The number of methoxy groups -OCH3 is 1. The van der Waals surface area contributed by atoms with Crippen LogP contribution in [0.5, 0.6) is 11.5 Å². The van der Waals surface area contributed by atoms with Crippen molar-refractivity contribution in [3.8, 4) is 11.5 Å². The van der Waals surface area contributed by atoms with E-state index in [-0.39, 0.29) is 98.8 Å². The normalized spacial score (nSPS) is 25.0. The van der Waals surface area contributed by atoms with E-state index in [0.29, 0.717) is 27.9 Å². The summed E-state index contributed by atoms with van der Waals surface area (Å²) in [5.41, 5.74) is 11.9. The van der Waals surface area contributed by atoms with Crippen LogP contribution in [0.1, 0.15) is 88.0 Å². The van der Waals surface area contributed by atoms with Crippen molar-refractivity contribution in [3.63, 3.8) is 0 Å². The summed E-state index contributed by atoms with van der Waals surface area (Å²) in [6, 6.07) is 3.52. The Bertz CT molecular complexity index is 4350. The fourth-order valence-corrected chi connectivity index (χ4v) is 13.4. The number of nitrogens with two attached hydrogens (primary N) is 2. The second kappa shape index (κ2) is 36.1. The number of benzene rings is 4. The van der Waals surface area contributed by atoms with Crippen molar-refractivity contribution >= 4 is 92.7 Å². The number of nitrogens with zero attached hydrogens (tertiary/aromatic N) is 2. The molecule has 10 rings (SSSR count). The summed E-state index contributed by atoms with van der Waals surface area (Å²) in [7, 11) is 1.43. The van der Waals surface area contributed by atoms with Crippen LogP contribution in [-0.4, -0.2) is 214 Å². The number of fused-ring (bicyclic) bond motifs is 32. The molecule has 16 N–H and O–H groups in total. The third kappa shape index (κ3) is 20.9. The second-order valence-electron chi connectivity index (χ2n) is 27.4. The molecule has 2 fully saturated rings. The van der Waals surface area contributed by atoms with Gasteiger partial charge in [0.25, 0.3) is 0 Å². The summed E-state index contributed by atoms with van der Waals surface area (Å²) in [6.45, 7) is 2.30. The summed E-state index contributed by atoms with van der Waals surface area (Å²) in [6.07, 6.45) is -9.60. The van der Waals surface area contributed by atoms with Gasteiger partial charge in [0, 0.05) is 72.8 Å². The number of unbranched alkanes of at least 4 members (excludes halogenated alkanes) is 1. The molecule has 12 atom stereocenters. The number of aliphatic hydroxyl groups is 1. The lowest BCUT2D eigenvalue weighted by Crippen LogP contribution is -2.64. The fraction of sp³-hybridized carbons (Fsp3) is 0.452. The molecule has 2 bridgehead atoms. The molecule has 12 amide bonds. The quantitative estimate of drug-likeness (QED) is 0.0409. The van der Waals surface area contributed by atoms with Gasteiger partial charge in [-0.3, -0.25) is 57.5 Å². The molecule has 0 radical (unpaired) electrons. The maximum atomic E-state index is 16.2. The summed E-state index contributed by atoms with van der Waals surface area (Å²) >= 11 is 0. The van der Waals surface area contributed by atoms with E-state index in [1.807, 2.05) is 0 Å². The smallest absolute Gasteiger partial charge is 0.471 e. The first-order valence-electron chi connectivity index (χ1n) is 35.3. The van der Waals surface area contributed by atoms with Crippen LogP contribution >= 0.6 is 0 Å². The lowest BCUT2D eigenvalue weighted by Gasteiger charge is -2.37. The molecule has 2 saturated heterocycles. The van der Waals surface area contributed by atoms with Crippen molar-refractivity contribution in [2.75, 3.05) is 39.9 Å². The first-order valence-corrected chi connectivity index (χ1v) is 35.3. The van der Waals surface area contributed by atoms with Crippen LogP contribution in [0.3, 0.4) is 0 Å². The second-order valence-corrected chi connectivity index (χ2v) is 27.4. The lowest BCUT2D eigenvalue weighted by atomic mass is 9.94. The van der Waals surface area contributed by atoms with Crippen molar-refractivity contribution in [3.05, 3.63) is 131 Å².